The molecular formula is C18H24N4O2S. The van der Waals surface area contributed by atoms with Gasteiger partial charge in [0.15, 0.2) is 0 Å². The quantitative estimate of drug-likeness (QED) is 0.825. The lowest BCUT2D eigenvalue weighted by atomic mass is 9.91. The largest absolute Gasteiger partial charge is 0.361 e. The number of rotatable bonds is 5. The van der Waals surface area contributed by atoms with Crippen molar-refractivity contribution in [3.63, 3.8) is 0 Å². The van der Waals surface area contributed by atoms with E-state index in [2.05, 4.69) is 10.1 Å². The van der Waals surface area contributed by atoms with Gasteiger partial charge in [-0.1, -0.05) is 16.9 Å². The molecule has 25 heavy (non-hydrogen) atoms. The third-order valence-electron chi connectivity index (χ3n) is 4.61. The van der Waals surface area contributed by atoms with E-state index in [1.54, 1.807) is 6.20 Å². The number of carbonyl (C=O) groups excluding carboxylic acids is 1. The van der Waals surface area contributed by atoms with E-state index in [9.17, 15) is 4.79 Å². The van der Waals surface area contributed by atoms with E-state index in [-0.39, 0.29) is 11.9 Å². The highest BCUT2D eigenvalue weighted by atomic mass is 32.2. The number of carbonyl (C=O) groups is 1. The van der Waals surface area contributed by atoms with Crippen LogP contribution in [0.2, 0.25) is 0 Å². The summed E-state index contributed by atoms with van der Waals surface area (Å²) in [5, 5.41) is 4.73. The second-order valence-corrected chi connectivity index (χ2v) is 7.53. The number of thioether (sulfide) groups is 1. The van der Waals surface area contributed by atoms with Crippen LogP contribution in [-0.4, -0.2) is 40.1 Å². The van der Waals surface area contributed by atoms with Crippen molar-refractivity contribution >= 4 is 17.7 Å². The van der Waals surface area contributed by atoms with Crippen molar-refractivity contribution in [2.45, 2.75) is 43.5 Å². The molecule has 6 nitrogen and oxygen atoms in total. The zero-order valence-electron chi connectivity index (χ0n) is 14.6. The minimum atomic E-state index is 0.0510. The van der Waals surface area contributed by atoms with Gasteiger partial charge in [-0.05, 0) is 44.7 Å². The fraction of sp³-hybridized carbons (Fsp3) is 0.500. The van der Waals surface area contributed by atoms with Crippen LogP contribution < -0.4 is 5.73 Å². The number of hydrogen-bond acceptors (Lipinski definition) is 6. The number of nitrogens with two attached hydrogens (primary N) is 1. The van der Waals surface area contributed by atoms with Crippen LogP contribution in [0.15, 0.2) is 33.9 Å². The lowest BCUT2D eigenvalue weighted by Crippen LogP contribution is -2.42. The Morgan fingerprint density at radius 2 is 2.24 bits per heavy atom. The Balaban J connectivity index is 1.66. The lowest BCUT2D eigenvalue weighted by Gasteiger charge is -2.34. The Morgan fingerprint density at radius 3 is 2.88 bits per heavy atom. The smallest absolute Gasteiger partial charge is 0.256 e. The second-order valence-electron chi connectivity index (χ2n) is 6.56. The molecule has 1 aliphatic heterocycles. The molecule has 0 aromatic carbocycles. The first-order valence-electron chi connectivity index (χ1n) is 8.59. The summed E-state index contributed by atoms with van der Waals surface area (Å²) in [5.41, 5.74) is 7.50. The molecule has 3 rings (SSSR count). The predicted octanol–water partition coefficient (Wildman–Crippen LogP) is 2.87. The maximum Gasteiger partial charge on any atom is 0.256 e. The zero-order valence-corrected chi connectivity index (χ0v) is 15.5. The predicted molar refractivity (Wildman–Crippen MR) is 97.3 cm³/mol. The summed E-state index contributed by atoms with van der Waals surface area (Å²) in [6.45, 7) is 5.42. The van der Waals surface area contributed by atoms with Gasteiger partial charge in [-0.3, -0.25) is 4.79 Å². The van der Waals surface area contributed by atoms with Crippen LogP contribution in [-0.2, 0) is 5.75 Å². The minimum Gasteiger partial charge on any atom is -0.361 e. The van der Waals surface area contributed by atoms with E-state index in [0.717, 1.165) is 42.4 Å². The molecule has 1 atom stereocenters. The normalized spacial score (nSPS) is 16.8. The van der Waals surface area contributed by atoms with Gasteiger partial charge in [0.05, 0.1) is 11.3 Å². The van der Waals surface area contributed by atoms with Gasteiger partial charge in [0.2, 0.25) is 0 Å². The van der Waals surface area contributed by atoms with Crippen molar-refractivity contribution in [3.8, 4) is 0 Å². The van der Waals surface area contributed by atoms with Gasteiger partial charge in [0.25, 0.3) is 5.91 Å². The van der Waals surface area contributed by atoms with Crippen molar-refractivity contribution in [1.29, 1.82) is 0 Å². The Labute approximate surface area is 152 Å². The average molecular weight is 360 g/mol. The Kier molecular flexibility index (Phi) is 5.75. The highest BCUT2D eigenvalue weighted by molar-refractivity contribution is 7.98. The maximum absolute atomic E-state index is 12.9. The first-order valence-corrected chi connectivity index (χ1v) is 9.58. The molecular weight excluding hydrogens is 336 g/mol. The summed E-state index contributed by atoms with van der Waals surface area (Å²) in [5.74, 6) is 1.96. The Hall–Kier alpha value is -1.86. The number of amides is 1. The average Bonchev–Trinajstić information content (AvgIpc) is 3.05. The van der Waals surface area contributed by atoms with Crippen molar-refractivity contribution in [1.82, 2.24) is 15.0 Å². The molecule has 1 unspecified atom stereocenters. The number of hydrogen-bond donors (Lipinski definition) is 1. The van der Waals surface area contributed by atoms with E-state index in [1.807, 2.05) is 36.9 Å². The molecule has 0 bridgehead atoms. The summed E-state index contributed by atoms with van der Waals surface area (Å²) < 4.78 is 5.09. The van der Waals surface area contributed by atoms with Gasteiger partial charge in [0, 0.05) is 37.1 Å². The summed E-state index contributed by atoms with van der Waals surface area (Å²) in [7, 11) is 0. The lowest BCUT2D eigenvalue weighted by molar-refractivity contribution is 0.0676. The van der Waals surface area contributed by atoms with E-state index in [1.165, 1.54) is 11.8 Å². The standard InChI is InChI=1S/C18H24N4O2S/c1-12-10-15(21-24-12)11-25-17-16(4-3-7-20-17)18(23)22-8-5-14(6-9-22)13(2)19/h3-4,7,10,13-14H,5-6,8-9,11,19H2,1-2H3. The fourth-order valence-corrected chi connectivity index (χ4v) is 3.96. The Bertz CT molecular complexity index is 723. The molecule has 1 aliphatic rings. The van der Waals surface area contributed by atoms with Crippen LogP contribution >= 0.6 is 11.8 Å². The molecule has 0 saturated carbocycles. The molecule has 0 spiro atoms. The molecule has 7 heteroatoms. The molecule has 2 aromatic rings. The highest BCUT2D eigenvalue weighted by Gasteiger charge is 2.27. The van der Waals surface area contributed by atoms with E-state index in [0.29, 0.717) is 17.2 Å². The minimum absolute atomic E-state index is 0.0510. The van der Waals surface area contributed by atoms with Gasteiger partial charge in [-0.25, -0.2) is 4.98 Å². The first kappa shape index (κ1) is 17.9. The summed E-state index contributed by atoms with van der Waals surface area (Å²) >= 11 is 1.51. The molecule has 1 saturated heterocycles. The van der Waals surface area contributed by atoms with Gasteiger partial charge in [-0.2, -0.15) is 0 Å². The van der Waals surface area contributed by atoms with Gasteiger partial charge >= 0.3 is 0 Å². The van der Waals surface area contributed by atoms with Crippen LogP contribution in [0.1, 0.15) is 41.6 Å². The molecule has 3 heterocycles. The molecule has 1 amide bonds. The number of pyridine rings is 1. The second kappa shape index (κ2) is 8.01. The third kappa shape index (κ3) is 4.41. The fourth-order valence-electron chi connectivity index (χ4n) is 3.10. The topological polar surface area (TPSA) is 85.2 Å². The molecule has 134 valence electrons. The molecule has 0 radical (unpaired) electrons. The summed E-state index contributed by atoms with van der Waals surface area (Å²) in [4.78, 5) is 19.2. The van der Waals surface area contributed by atoms with Gasteiger partial charge in [-0.15, -0.1) is 0 Å². The Morgan fingerprint density at radius 1 is 1.48 bits per heavy atom. The van der Waals surface area contributed by atoms with E-state index >= 15 is 0 Å². The van der Waals surface area contributed by atoms with Crippen LogP contribution in [0.25, 0.3) is 0 Å². The highest BCUT2D eigenvalue weighted by Crippen LogP contribution is 2.27. The van der Waals surface area contributed by atoms with E-state index < -0.39 is 0 Å². The van der Waals surface area contributed by atoms with Crippen molar-refractivity contribution in [2.24, 2.45) is 11.7 Å². The van der Waals surface area contributed by atoms with Crippen LogP contribution in [0.4, 0.5) is 0 Å². The van der Waals surface area contributed by atoms with Crippen LogP contribution in [0, 0.1) is 12.8 Å². The van der Waals surface area contributed by atoms with Crippen molar-refractivity contribution in [3.05, 3.63) is 41.4 Å². The van der Waals surface area contributed by atoms with Gasteiger partial charge in [0.1, 0.15) is 10.8 Å². The monoisotopic (exact) mass is 360 g/mol. The number of aryl methyl sites for hydroxylation is 1. The summed E-state index contributed by atoms with van der Waals surface area (Å²) in [6.07, 6.45) is 3.64. The molecule has 1 fully saturated rings. The number of piperidine rings is 1. The first-order chi connectivity index (χ1) is 12.0. The molecule has 0 aliphatic carbocycles. The summed E-state index contributed by atoms with van der Waals surface area (Å²) in [6, 6.07) is 5.75. The van der Waals surface area contributed by atoms with E-state index in [4.69, 9.17) is 10.3 Å². The number of aromatic nitrogens is 2. The van der Waals surface area contributed by atoms with Gasteiger partial charge < -0.3 is 15.2 Å². The van der Waals surface area contributed by atoms with Crippen LogP contribution in [0.3, 0.4) is 0 Å². The van der Waals surface area contributed by atoms with Crippen molar-refractivity contribution < 1.29 is 9.32 Å². The molecule has 2 N–H and O–H groups in total. The van der Waals surface area contributed by atoms with Crippen molar-refractivity contribution in [2.75, 3.05) is 13.1 Å². The molecule has 2 aromatic heterocycles. The third-order valence-corrected chi connectivity index (χ3v) is 5.64. The number of nitrogens with zero attached hydrogens (tertiary/aromatic N) is 3. The van der Waals surface area contributed by atoms with Crippen LogP contribution in [0.5, 0.6) is 0 Å². The maximum atomic E-state index is 12.9. The SMILES string of the molecule is Cc1cc(CSc2ncccc2C(=O)N2CCC(C(C)N)CC2)no1. The number of likely N-dealkylation sites (tertiary alicyclic amines) is 1. The zero-order chi connectivity index (χ0) is 17.8.